The predicted octanol–water partition coefficient (Wildman–Crippen LogP) is 2.42. The second kappa shape index (κ2) is 10.3. The van der Waals surface area contributed by atoms with Crippen LogP contribution < -0.4 is 10.1 Å². The van der Waals surface area contributed by atoms with Crippen molar-refractivity contribution in [3.8, 4) is 5.75 Å². The topological polar surface area (TPSA) is 126 Å². The molecule has 4 heterocycles. The van der Waals surface area contributed by atoms with Crippen LogP contribution in [0.2, 0.25) is 0 Å². The van der Waals surface area contributed by atoms with E-state index in [1.807, 2.05) is 20.8 Å². The molecule has 0 aliphatic carbocycles. The number of nitrogens with one attached hydrogen (secondary N) is 1. The molecule has 2 amide bonds. The van der Waals surface area contributed by atoms with Crippen LogP contribution in [0.15, 0.2) is 41.2 Å². The van der Waals surface area contributed by atoms with E-state index in [2.05, 4.69) is 10.3 Å². The SMILES string of the molecule is CC(C)(C)CC(NC(=O)Oc1ccsc1)C(=O)N1CCC2C1C(=O)CN2S(=O)(=O)Cc1ccccn1. The van der Waals surface area contributed by atoms with E-state index in [1.165, 1.54) is 26.7 Å². The van der Waals surface area contributed by atoms with E-state index < -0.39 is 40.1 Å². The van der Waals surface area contributed by atoms with E-state index in [9.17, 15) is 22.8 Å². The molecule has 3 unspecified atom stereocenters. The maximum Gasteiger partial charge on any atom is 0.413 e. The van der Waals surface area contributed by atoms with Crippen LogP contribution >= 0.6 is 11.3 Å². The summed E-state index contributed by atoms with van der Waals surface area (Å²) in [4.78, 5) is 44.6. The third-order valence-corrected chi connectivity index (χ3v) is 8.62. The quantitative estimate of drug-likeness (QED) is 0.578. The number of hydrogen-bond acceptors (Lipinski definition) is 8. The van der Waals surface area contributed by atoms with Crippen LogP contribution in [0.5, 0.6) is 5.75 Å². The molecule has 2 aliphatic rings. The largest absolute Gasteiger partial charge is 0.413 e. The van der Waals surface area contributed by atoms with Gasteiger partial charge in [0, 0.05) is 18.1 Å². The van der Waals surface area contributed by atoms with Crippen LogP contribution in [0.3, 0.4) is 0 Å². The third kappa shape index (κ3) is 5.93. The summed E-state index contributed by atoms with van der Waals surface area (Å²) in [5.74, 6) is -0.691. The van der Waals surface area contributed by atoms with Crippen molar-refractivity contribution in [2.45, 2.75) is 57.5 Å². The molecule has 4 rings (SSSR count). The molecule has 36 heavy (non-hydrogen) atoms. The van der Waals surface area contributed by atoms with E-state index in [4.69, 9.17) is 4.74 Å². The Morgan fingerprint density at radius 1 is 1.28 bits per heavy atom. The van der Waals surface area contributed by atoms with Gasteiger partial charge in [0.15, 0.2) is 5.78 Å². The molecule has 2 aliphatic heterocycles. The fourth-order valence-electron chi connectivity index (χ4n) is 4.74. The highest BCUT2D eigenvalue weighted by atomic mass is 32.2. The Hall–Kier alpha value is -2.83. The molecule has 2 aromatic rings. The van der Waals surface area contributed by atoms with Crippen LogP contribution in [-0.4, -0.2) is 71.6 Å². The number of nitrogens with zero attached hydrogens (tertiary/aromatic N) is 3. The van der Waals surface area contributed by atoms with Gasteiger partial charge in [0.05, 0.1) is 18.3 Å². The van der Waals surface area contributed by atoms with Crippen molar-refractivity contribution in [2.24, 2.45) is 5.41 Å². The highest BCUT2D eigenvalue weighted by Gasteiger charge is 2.54. The van der Waals surface area contributed by atoms with E-state index in [1.54, 1.807) is 35.0 Å². The van der Waals surface area contributed by atoms with Crippen LogP contribution in [0.4, 0.5) is 4.79 Å². The first-order valence-electron chi connectivity index (χ1n) is 11.7. The summed E-state index contributed by atoms with van der Waals surface area (Å²) in [7, 11) is -3.82. The second-order valence-corrected chi connectivity index (χ2v) is 12.9. The summed E-state index contributed by atoms with van der Waals surface area (Å²) in [5, 5.41) is 6.10. The predicted molar refractivity (Wildman–Crippen MR) is 134 cm³/mol. The molecule has 2 saturated heterocycles. The number of sulfonamides is 1. The van der Waals surface area contributed by atoms with Crippen LogP contribution in [-0.2, 0) is 25.4 Å². The Bertz CT molecular complexity index is 1210. The maximum absolute atomic E-state index is 13.6. The van der Waals surface area contributed by atoms with Crippen molar-refractivity contribution in [1.29, 1.82) is 0 Å². The zero-order chi connectivity index (χ0) is 26.1. The van der Waals surface area contributed by atoms with Crippen molar-refractivity contribution < 1.29 is 27.5 Å². The fourth-order valence-corrected chi connectivity index (χ4v) is 6.96. The van der Waals surface area contributed by atoms with Crippen molar-refractivity contribution >= 4 is 39.1 Å². The minimum absolute atomic E-state index is 0.220. The molecule has 194 valence electrons. The van der Waals surface area contributed by atoms with E-state index in [0.29, 0.717) is 24.3 Å². The number of ether oxygens (including phenoxy) is 1. The highest BCUT2D eigenvalue weighted by molar-refractivity contribution is 7.88. The first-order chi connectivity index (χ1) is 16.9. The number of pyridine rings is 1. The average molecular weight is 535 g/mol. The first-order valence-corrected chi connectivity index (χ1v) is 14.2. The van der Waals surface area contributed by atoms with Gasteiger partial charge < -0.3 is 15.0 Å². The van der Waals surface area contributed by atoms with Gasteiger partial charge in [-0.25, -0.2) is 13.2 Å². The Labute approximate surface area is 214 Å². The van der Waals surface area contributed by atoms with Gasteiger partial charge in [0.2, 0.25) is 15.9 Å². The number of Topliss-reactive ketones (excluding diaryl/α,β-unsaturated/α-hetero) is 1. The van der Waals surface area contributed by atoms with Crippen molar-refractivity contribution in [2.75, 3.05) is 13.1 Å². The summed E-state index contributed by atoms with van der Waals surface area (Å²) < 4.78 is 32.8. The number of carbonyl (C=O) groups is 3. The van der Waals surface area contributed by atoms with Gasteiger partial charge in [0.25, 0.3) is 0 Å². The van der Waals surface area contributed by atoms with Crippen LogP contribution in [0, 0.1) is 5.41 Å². The van der Waals surface area contributed by atoms with E-state index in [-0.39, 0.29) is 30.0 Å². The zero-order valence-electron chi connectivity index (χ0n) is 20.4. The number of likely N-dealkylation sites (tertiary alicyclic amines) is 1. The van der Waals surface area contributed by atoms with E-state index in [0.717, 1.165) is 0 Å². The lowest BCUT2D eigenvalue weighted by Gasteiger charge is -2.31. The Balaban J connectivity index is 1.50. The smallest absolute Gasteiger partial charge is 0.409 e. The van der Waals surface area contributed by atoms with Gasteiger partial charge in [-0.1, -0.05) is 26.8 Å². The molecule has 0 bridgehead atoms. The molecule has 0 saturated carbocycles. The summed E-state index contributed by atoms with van der Waals surface area (Å²) in [6.07, 6.45) is 1.41. The molecule has 3 atom stereocenters. The highest BCUT2D eigenvalue weighted by Crippen LogP contribution is 2.34. The number of carbonyl (C=O) groups excluding carboxylic acids is 3. The molecular formula is C24H30N4O6S2. The number of aromatic nitrogens is 1. The third-order valence-electron chi connectivity index (χ3n) is 6.19. The summed E-state index contributed by atoms with van der Waals surface area (Å²) in [6.45, 7) is 5.76. The minimum atomic E-state index is -3.82. The van der Waals surface area contributed by atoms with Crippen molar-refractivity contribution in [3.63, 3.8) is 0 Å². The number of ketones is 1. The number of rotatable bonds is 7. The number of thiophene rings is 1. The Morgan fingerprint density at radius 2 is 2.06 bits per heavy atom. The normalized spacial score (nSPS) is 21.3. The van der Waals surface area contributed by atoms with Gasteiger partial charge in [0.1, 0.15) is 23.6 Å². The summed E-state index contributed by atoms with van der Waals surface area (Å²) in [6, 6.07) is 4.22. The number of amides is 2. The zero-order valence-corrected chi connectivity index (χ0v) is 22.0. The van der Waals surface area contributed by atoms with Gasteiger partial charge in [-0.15, -0.1) is 11.3 Å². The standard InChI is InChI=1S/C24H30N4O6S2/c1-24(2,3)12-18(26-23(31)34-17-8-11-35-14-17)22(30)27-10-7-19-21(27)20(29)13-28(19)36(32,33)15-16-6-4-5-9-25-16/h4-6,8-9,11,14,18-19,21H,7,10,12-13,15H2,1-3H3,(H,26,31). The number of hydrogen-bond donors (Lipinski definition) is 1. The minimum Gasteiger partial charge on any atom is -0.409 e. The second-order valence-electron chi connectivity index (χ2n) is 10.2. The van der Waals surface area contributed by atoms with Gasteiger partial charge in [-0.2, -0.15) is 4.31 Å². The lowest BCUT2D eigenvalue weighted by molar-refractivity contribution is -0.138. The average Bonchev–Trinajstić information content (AvgIpc) is 3.51. The Morgan fingerprint density at radius 3 is 2.69 bits per heavy atom. The molecule has 0 aromatic carbocycles. The van der Waals surface area contributed by atoms with Crippen molar-refractivity contribution in [3.05, 3.63) is 46.9 Å². The maximum atomic E-state index is 13.6. The van der Waals surface area contributed by atoms with Crippen LogP contribution in [0.25, 0.3) is 0 Å². The molecule has 2 fully saturated rings. The molecule has 0 spiro atoms. The molecule has 0 radical (unpaired) electrons. The molecule has 2 aromatic heterocycles. The number of fused-ring (bicyclic) bond motifs is 1. The first kappa shape index (κ1) is 26.2. The van der Waals surface area contributed by atoms with E-state index >= 15 is 0 Å². The van der Waals surface area contributed by atoms with Gasteiger partial charge in [-0.3, -0.25) is 14.6 Å². The van der Waals surface area contributed by atoms with Gasteiger partial charge >= 0.3 is 6.09 Å². The molecule has 1 N–H and O–H groups in total. The lowest BCUT2D eigenvalue weighted by Crippen LogP contribution is -2.54. The van der Waals surface area contributed by atoms with Gasteiger partial charge in [-0.05, 0) is 41.8 Å². The van der Waals surface area contributed by atoms with Crippen LogP contribution in [0.1, 0.15) is 39.3 Å². The van der Waals surface area contributed by atoms with Crippen molar-refractivity contribution in [1.82, 2.24) is 19.5 Å². The fraction of sp³-hybridized carbons (Fsp3) is 0.500. The molecule has 12 heteroatoms. The monoisotopic (exact) mass is 534 g/mol. The Kier molecular flexibility index (Phi) is 7.48. The molecule has 10 nitrogen and oxygen atoms in total. The lowest BCUT2D eigenvalue weighted by atomic mass is 9.87. The summed E-state index contributed by atoms with van der Waals surface area (Å²) in [5.41, 5.74) is 0.0743. The molecular weight excluding hydrogens is 504 g/mol. The summed E-state index contributed by atoms with van der Waals surface area (Å²) >= 11 is 1.37.